The zero-order chi connectivity index (χ0) is 19.6. The molecule has 0 radical (unpaired) electrons. The lowest BCUT2D eigenvalue weighted by Crippen LogP contribution is -2.43. The van der Waals surface area contributed by atoms with E-state index in [4.69, 9.17) is 4.74 Å². The Balaban J connectivity index is 2.14. The molecular formula is C19H39N5O2. The Kier molecular flexibility index (Phi) is 9.76. The van der Waals surface area contributed by atoms with Gasteiger partial charge in [0.05, 0.1) is 0 Å². The maximum Gasteiger partial charge on any atom is 0.410 e. The van der Waals surface area contributed by atoms with Gasteiger partial charge in [-0.05, 0) is 65.6 Å². The first-order chi connectivity index (χ1) is 12.2. The van der Waals surface area contributed by atoms with E-state index in [1.54, 1.807) is 19.0 Å². The monoisotopic (exact) mass is 369 g/mol. The third kappa shape index (κ3) is 9.85. The first-order valence-electron chi connectivity index (χ1n) is 9.82. The summed E-state index contributed by atoms with van der Waals surface area (Å²) in [5.41, 5.74) is -0.469. The zero-order valence-corrected chi connectivity index (χ0v) is 17.6. The summed E-state index contributed by atoms with van der Waals surface area (Å²) in [6.45, 7) is 13.6. The number of piperidine rings is 1. The summed E-state index contributed by atoms with van der Waals surface area (Å²) in [5.74, 6) is 1.65. The van der Waals surface area contributed by atoms with Crippen LogP contribution >= 0.6 is 0 Å². The number of guanidine groups is 1. The highest BCUT2D eigenvalue weighted by Crippen LogP contribution is 2.15. The second-order valence-corrected chi connectivity index (χ2v) is 8.21. The average Bonchev–Trinajstić information content (AvgIpc) is 2.56. The molecule has 1 fully saturated rings. The number of hydrogen-bond acceptors (Lipinski definition) is 4. The minimum absolute atomic E-state index is 0.307. The topological polar surface area (TPSA) is 69.2 Å². The van der Waals surface area contributed by atoms with Crippen LogP contribution in [0.25, 0.3) is 0 Å². The second-order valence-electron chi connectivity index (χ2n) is 8.21. The van der Waals surface area contributed by atoms with Crippen molar-refractivity contribution in [3.05, 3.63) is 0 Å². The minimum Gasteiger partial charge on any atom is -0.444 e. The van der Waals surface area contributed by atoms with Crippen LogP contribution in [0.1, 0.15) is 47.0 Å². The van der Waals surface area contributed by atoms with Gasteiger partial charge in [-0.2, -0.15) is 0 Å². The standard InChI is InChI=1S/C19H39N5O2/c1-16-8-13-24(14-9-16)12-7-10-21-17(20-5)22-11-15-23(6)18(25)26-19(2,3)4/h16H,7-15H2,1-6H3,(H2,20,21,22). The number of amides is 1. The number of carbonyl (C=O) groups is 1. The molecule has 0 aromatic carbocycles. The summed E-state index contributed by atoms with van der Waals surface area (Å²) in [6, 6.07) is 0. The number of likely N-dealkylation sites (N-methyl/N-ethyl adjacent to an activating group) is 1. The van der Waals surface area contributed by atoms with Gasteiger partial charge in [0, 0.05) is 33.7 Å². The molecule has 0 unspecified atom stereocenters. The van der Waals surface area contributed by atoms with E-state index in [9.17, 15) is 4.79 Å². The Morgan fingerprint density at radius 1 is 1.23 bits per heavy atom. The molecule has 1 heterocycles. The molecule has 152 valence electrons. The van der Waals surface area contributed by atoms with E-state index in [1.807, 2.05) is 20.8 Å². The lowest BCUT2D eigenvalue weighted by Gasteiger charge is -2.30. The van der Waals surface area contributed by atoms with Gasteiger partial charge < -0.3 is 25.2 Å². The van der Waals surface area contributed by atoms with E-state index in [0.717, 1.165) is 31.4 Å². The molecule has 1 saturated heterocycles. The van der Waals surface area contributed by atoms with E-state index in [2.05, 4.69) is 27.4 Å². The first-order valence-corrected chi connectivity index (χ1v) is 9.82. The third-order valence-electron chi connectivity index (χ3n) is 4.49. The maximum absolute atomic E-state index is 11.9. The number of carbonyl (C=O) groups excluding carboxylic acids is 1. The molecule has 1 aliphatic rings. The summed E-state index contributed by atoms with van der Waals surface area (Å²) >= 11 is 0. The van der Waals surface area contributed by atoms with Gasteiger partial charge >= 0.3 is 6.09 Å². The van der Waals surface area contributed by atoms with Gasteiger partial charge in [0.15, 0.2) is 5.96 Å². The molecule has 0 spiro atoms. The number of nitrogens with one attached hydrogen (secondary N) is 2. The minimum atomic E-state index is -0.469. The Morgan fingerprint density at radius 3 is 2.42 bits per heavy atom. The van der Waals surface area contributed by atoms with E-state index in [-0.39, 0.29) is 6.09 Å². The Morgan fingerprint density at radius 2 is 1.85 bits per heavy atom. The molecule has 1 aliphatic heterocycles. The van der Waals surface area contributed by atoms with Gasteiger partial charge in [-0.25, -0.2) is 4.79 Å². The van der Waals surface area contributed by atoms with Crippen LogP contribution in [0.2, 0.25) is 0 Å². The summed E-state index contributed by atoms with van der Waals surface area (Å²) in [7, 11) is 3.50. The molecule has 7 nitrogen and oxygen atoms in total. The Hall–Kier alpha value is -1.50. The van der Waals surface area contributed by atoms with Crippen molar-refractivity contribution in [2.45, 2.75) is 52.6 Å². The van der Waals surface area contributed by atoms with Crippen molar-refractivity contribution >= 4 is 12.1 Å². The summed E-state index contributed by atoms with van der Waals surface area (Å²) in [6.07, 6.45) is 3.44. The molecule has 2 N–H and O–H groups in total. The van der Waals surface area contributed by atoms with Crippen molar-refractivity contribution in [3.63, 3.8) is 0 Å². The fraction of sp³-hybridized carbons (Fsp3) is 0.895. The number of aliphatic imine (C=N–C) groups is 1. The largest absolute Gasteiger partial charge is 0.444 e. The zero-order valence-electron chi connectivity index (χ0n) is 17.6. The molecule has 1 amide bonds. The van der Waals surface area contributed by atoms with Crippen molar-refractivity contribution in [2.75, 3.05) is 53.4 Å². The molecular weight excluding hydrogens is 330 g/mol. The van der Waals surface area contributed by atoms with E-state index in [1.165, 1.54) is 25.9 Å². The molecule has 0 aliphatic carbocycles. The van der Waals surface area contributed by atoms with Crippen molar-refractivity contribution in [1.82, 2.24) is 20.4 Å². The molecule has 0 saturated carbocycles. The van der Waals surface area contributed by atoms with E-state index in [0.29, 0.717) is 13.1 Å². The number of rotatable bonds is 7. The highest BCUT2D eigenvalue weighted by molar-refractivity contribution is 5.79. The Labute approximate surface area is 159 Å². The third-order valence-corrected chi connectivity index (χ3v) is 4.49. The average molecular weight is 370 g/mol. The van der Waals surface area contributed by atoms with Crippen molar-refractivity contribution in [2.24, 2.45) is 10.9 Å². The van der Waals surface area contributed by atoms with Gasteiger partial charge in [-0.1, -0.05) is 6.92 Å². The van der Waals surface area contributed by atoms with Gasteiger partial charge in [0.25, 0.3) is 0 Å². The number of nitrogens with zero attached hydrogens (tertiary/aromatic N) is 3. The van der Waals surface area contributed by atoms with Crippen LogP contribution in [0.15, 0.2) is 4.99 Å². The maximum atomic E-state index is 11.9. The lowest BCUT2D eigenvalue weighted by atomic mass is 9.99. The summed E-state index contributed by atoms with van der Waals surface area (Å²) in [5, 5.41) is 6.57. The van der Waals surface area contributed by atoms with Crippen LogP contribution in [0.5, 0.6) is 0 Å². The van der Waals surface area contributed by atoms with Crippen LogP contribution in [0, 0.1) is 5.92 Å². The summed E-state index contributed by atoms with van der Waals surface area (Å²) < 4.78 is 5.34. The summed E-state index contributed by atoms with van der Waals surface area (Å²) in [4.78, 5) is 20.3. The quantitative estimate of drug-likeness (QED) is 0.409. The molecule has 0 bridgehead atoms. The van der Waals surface area contributed by atoms with Crippen LogP contribution < -0.4 is 10.6 Å². The van der Waals surface area contributed by atoms with Gasteiger partial charge in [0.1, 0.15) is 5.60 Å². The van der Waals surface area contributed by atoms with Crippen LogP contribution in [-0.4, -0.2) is 80.8 Å². The molecule has 0 aromatic heterocycles. The molecule has 1 rings (SSSR count). The fourth-order valence-electron chi connectivity index (χ4n) is 2.79. The van der Waals surface area contributed by atoms with Crippen molar-refractivity contribution in [1.29, 1.82) is 0 Å². The predicted molar refractivity (Wildman–Crippen MR) is 108 cm³/mol. The number of likely N-dealkylation sites (tertiary alicyclic amines) is 1. The predicted octanol–water partition coefficient (Wildman–Crippen LogP) is 2.14. The number of ether oxygens (including phenoxy) is 1. The van der Waals surface area contributed by atoms with Crippen LogP contribution in [0.4, 0.5) is 4.79 Å². The molecule has 7 heteroatoms. The van der Waals surface area contributed by atoms with Crippen molar-refractivity contribution in [3.8, 4) is 0 Å². The first kappa shape index (κ1) is 22.5. The van der Waals surface area contributed by atoms with Gasteiger partial charge in [-0.15, -0.1) is 0 Å². The normalized spacial score (nSPS) is 17.1. The molecule has 0 atom stereocenters. The highest BCUT2D eigenvalue weighted by atomic mass is 16.6. The fourth-order valence-corrected chi connectivity index (χ4v) is 2.79. The Bertz CT molecular complexity index is 440. The van der Waals surface area contributed by atoms with E-state index < -0.39 is 5.60 Å². The van der Waals surface area contributed by atoms with Crippen LogP contribution in [0.3, 0.4) is 0 Å². The molecule has 26 heavy (non-hydrogen) atoms. The second kappa shape index (κ2) is 11.3. The smallest absolute Gasteiger partial charge is 0.410 e. The number of hydrogen-bond donors (Lipinski definition) is 2. The highest BCUT2D eigenvalue weighted by Gasteiger charge is 2.19. The van der Waals surface area contributed by atoms with Gasteiger partial charge in [0.2, 0.25) is 0 Å². The molecule has 0 aromatic rings. The van der Waals surface area contributed by atoms with Gasteiger partial charge in [-0.3, -0.25) is 4.99 Å². The van der Waals surface area contributed by atoms with Crippen LogP contribution in [-0.2, 0) is 4.74 Å². The SMILES string of the molecule is CN=C(NCCCN1CCC(C)CC1)NCCN(C)C(=O)OC(C)(C)C. The van der Waals surface area contributed by atoms with E-state index >= 15 is 0 Å². The van der Waals surface area contributed by atoms with Crippen molar-refractivity contribution < 1.29 is 9.53 Å². The lowest BCUT2D eigenvalue weighted by molar-refractivity contribution is 0.0302.